The second-order valence-corrected chi connectivity index (χ2v) is 3.41. The third-order valence-electron chi connectivity index (χ3n) is 1.77. The zero-order valence-corrected chi connectivity index (χ0v) is 8.71. The minimum Gasteiger partial charge on any atom is -0.457 e. The van der Waals surface area contributed by atoms with Gasteiger partial charge >= 0.3 is 0 Å². The number of pyridine rings is 1. The summed E-state index contributed by atoms with van der Waals surface area (Å²) in [7, 11) is 0. The van der Waals surface area contributed by atoms with Crippen LogP contribution in [0.5, 0.6) is 11.5 Å². The van der Waals surface area contributed by atoms with Crippen LogP contribution in [0.2, 0.25) is 5.15 Å². The molecule has 0 radical (unpaired) electrons. The predicted molar refractivity (Wildman–Crippen MR) is 55.7 cm³/mol. The van der Waals surface area contributed by atoms with E-state index >= 15 is 0 Å². The fourth-order valence-corrected chi connectivity index (χ4v) is 1.34. The Morgan fingerprint density at radius 3 is 2.31 bits per heavy atom. The maximum Gasteiger partial charge on any atom is 0.133 e. The molecule has 1 heterocycles. The van der Waals surface area contributed by atoms with E-state index in [1.54, 1.807) is 0 Å². The first-order valence-corrected chi connectivity index (χ1v) is 4.77. The van der Waals surface area contributed by atoms with Crippen molar-refractivity contribution >= 4 is 11.6 Å². The van der Waals surface area contributed by atoms with Crippen molar-refractivity contribution in [3.05, 3.63) is 53.3 Å². The van der Waals surface area contributed by atoms with Crippen LogP contribution >= 0.6 is 11.6 Å². The number of nitrogens with zero attached hydrogens (tertiary/aromatic N) is 1. The van der Waals surface area contributed by atoms with Crippen LogP contribution in [0.1, 0.15) is 0 Å². The normalized spacial score (nSPS) is 10.2. The summed E-state index contributed by atoms with van der Waals surface area (Å²) in [6.07, 6.45) is 1.44. The first-order chi connectivity index (χ1) is 7.63. The number of aromatic nitrogens is 1. The predicted octanol–water partition coefficient (Wildman–Crippen LogP) is 3.81. The monoisotopic (exact) mass is 241 g/mol. The van der Waals surface area contributed by atoms with Gasteiger partial charge in [-0.3, -0.25) is 0 Å². The van der Waals surface area contributed by atoms with E-state index < -0.39 is 11.6 Å². The van der Waals surface area contributed by atoms with Gasteiger partial charge in [0.2, 0.25) is 0 Å². The van der Waals surface area contributed by atoms with E-state index in [4.69, 9.17) is 16.3 Å². The summed E-state index contributed by atoms with van der Waals surface area (Å²) in [5.41, 5.74) is 0. The largest absolute Gasteiger partial charge is 0.457 e. The molecule has 0 spiro atoms. The number of benzene rings is 1. The van der Waals surface area contributed by atoms with Crippen LogP contribution in [0.15, 0.2) is 36.5 Å². The smallest absolute Gasteiger partial charge is 0.133 e. The number of ether oxygens (including phenoxy) is 1. The van der Waals surface area contributed by atoms with E-state index in [-0.39, 0.29) is 10.9 Å². The Hall–Kier alpha value is -1.68. The minimum absolute atomic E-state index is 0.0692. The molecule has 0 saturated heterocycles. The van der Waals surface area contributed by atoms with Gasteiger partial charge in [-0.1, -0.05) is 11.6 Å². The quantitative estimate of drug-likeness (QED) is 0.746. The summed E-state index contributed by atoms with van der Waals surface area (Å²) in [4.78, 5) is 3.75. The van der Waals surface area contributed by atoms with Crippen LogP contribution in [-0.2, 0) is 0 Å². The van der Waals surface area contributed by atoms with Crippen molar-refractivity contribution < 1.29 is 13.5 Å². The molecule has 0 aliphatic heterocycles. The molecule has 0 aliphatic carbocycles. The molecule has 1 aromatic carbocycles. The topological polar surface area (TPSA) is 22.1 Å². The van der Waals surface area contributed by atoms with Gasteiger partial charge in [-0.25, -0.2) is 13.8 Å². The molecular weight excluding hydrogens is 236 g/mol. The van der Waals surface area contributed by atoms with Crippen LogP contribution < -0.4 is 4.74 Å². The second kappa shape index (κ2) is 4.45. The standard InChI is InChI=1S/C11H6ClF2NO/c12-11-6-9(1-2-15-11)16-10-4-7(13)3-8(14)5-10/h1-6H. The van der Waals surface area contributed by atoms with E-state index in [1.807, 2.05) is 0 Å². The Kier molecular flexibility index (Phi) is 3.01. The highest BCUT2D eigenvalue weighted by Crippen LogP contribution is 2.24. The highest BCUT2D eigenvalue weighted by atomic mass is 35.5. The number of hydrogen-bond donors (Lipinski definition) is 0. The average molecular weight is 242 g/mol. The molecule has 0 atom stereocenters. The summed E-state index contributed by atoms with van der Waals surface area (Å²) in [6.45, 7) is 0. The highest BCUT2D eigenvalue weighted by molar-refractivity contribution is 6.29. The Bertz CT molecular complexity index is 499. The van der Waals surface area contributed by atoms with Crippen molar-refractivity contribution in [1.82, 2.24) is 4.98 Å². The SMILES string of the molecule is Fc1cc(F)cc(Oc2ccnc(Cl)c2)c1. The fourth-order valence-electron chi connectivity index (χ4n) is 1.17. The number of rotatable bonds is 2. The molecule has 1 aromatic heterocycles. The van der Waals surface area contributed by atoms with E-state index in [0.29, 0.717) is 5.75 Å². The van der Waals surface area contributed by atoms with Crippen LogP contribution in [0, 0.1) is 11.6 Å². The Morgan fingerprint density at radius 2 is 1.69 bits per heavy atom. The third-order valence-corrected chi connectivity index (χ3v) is 1.98. The molecule has 0 amide bonds. The lowest BCUT2D eigenvalue weighted by Crippen LogP contribution is -1.88. The van der Waals surface area contributed by atoms with Crippen LogP contribution in [0.4, 0.5) is 8.78 Å². The van der Waals surface area contributed by atoms with Gasteiger partial charge in [0.05, 0.1) is 0 Å². The molecule has 0 saturated carbocycles. The molecule has 0 bridgehead atoms. The van der Waals surface area contributed by atoms with Gasteiger partial charge in [-0.15, -0.1) is 0 Å². The van der Waals surface area contributed by atoms with E-state index in [1.165, 1.54) is 18.3 Å². The molecule has 2 rings (SSSR count). The van der Waals surface area contributed by atoms with Gasteiger partial charge < -0.3 is 4.74 Å². The van der Waals surface area contributed by atoms with Gasteiger partial charge in [0, 0.05) is 30.5 Å². The molecule has 16 heavy (non-hydrogen) atoms. The fraction of sp³-hybridized carbons (Fsp3) is 0. The molecule has 0 fully saturated rings. The van der Waals surface area contributed by atoms with Crippen LogP contribution in [0.25, 0.3) is 0 Å². The van der Waals surface area contributed by atoms with E-state index in [0.717, 1.165) is 18.2 Å². The average Bonchev–Trinajstić information content (AvgIpc) is 2.15. The van der Waals surface area contributed by atoms with Crippen molar-refractivity contribution in [3.8, 4) is 11.5 Å². The Balaban J connectivity index is 2.27. The maximum atomic E-state index is 12.9. The van der Waals surface area contributed by atoms with Gasteiger partial charge in [0.15, 0.2) is 0 Å². The van der Waals surface area contributed by atoms with Crippen molar-refractivity contribution in [1.29, 1.82) is 0 Å². The lowest BCUT2D eigenvalue weighted by Gasteiger charge is -2.05. The van der Waals surface area contributed by atoms with Crippen molar-refractivity contribution in [2.75, 3.05) is 0 Å². The summed E-state index contributed by atoms with van der Waals surface area (Å²) >= 11 is 5.63. The molecule has 0 N–H and O–H groups in total. The number of hydrogen-bond acceptors (Lipinski definition) is 2. The molecule has 2 nitrogen and oxygen atoms in total. The molecule has 82 valence electrons. The lowest BCUT2D eigenvalue weighted by atomic mass is 10.3. The zero-order valence-electron chi connectivity index (χ0n) is 7.95. The summed E-state index contributed by atoms with van der Waals surface area (Å²) in [5.74, 6) is -0.963. The van der Waals surface area contributed by atoms with Gasteiger partial charge in [-0.2, -0.15) is 0 Å². The first kappa shape index (κ1) is 10.8. The summed E-state index contributed by atoms with van der Waals surface area (Å²) < 4.78 is 30.9. The van der Waals surface area contributed by atoms with Gasteiger partial charge in [-0.05, 0) is 6.07 Å². The summed E-state index contributed by atoms with van der Waals surface area (Å²) in [6, 6.07) is 5.92. The molecule has 2 aromatic rings. The van der Waals surface area contributed by atoms with Crippen LogP contribution in [0.3, 0.4) is 0 Å². The van der Waals surface area contributed by atoms with Crippen molar-refractivity contribution in [3.63, 3.8) is 0 Å². The number of halogens is 3. The van der Waals surface area contributed by atoms with E-state index in [9.17, 15) is 8.78 Å². The van der Waals surface area contributed by atoms with E-state index in [2.05, 4.69) is 4.98 Å². The van der Waals surface area contributed by atoms with Crippen molar-refractivity contribution in [2.24, 2.45) is 0 Å². The lowest BCUT2D eigenvalue weighted by molar-refractivity contribution is 0.468. The maximum absolute atomic E-state index is 12.9. The molecule has 5 heteroatoms. The minimum atomic E-state index is -0.699. The molecule has 0 unspecified atom stereocenters. The first-order valence-electron chi connectivity index (χ1n) is 4.39. The second-order valence-electron chi connectivity index (χ2n) is 3.02. The third kappa shape index (κ3) is 2.67. The Labute approximate surface area is 95.5 Å². The van der Waals surface area contributed by atoms with Crippen LogP contribution in [-0.4, -0.2) is 4.98 Å². The highest BCUT2D eigenvalue weighted by Gasteiger charge is 2.03. The van der Waals surface area contributed by atoms with Crippen molar-refractivity contribution in [2.45, 2.75) is 0 Å². The van der Waals surface area contributed by atoms with Gasteiger partial charge in [0.1, 0.15) is 28.3 Å². The summed E-state index contributed by atoms with van der Waals surface area (Å²) in [5, 5.41) is 0.245. The molecule has 0 aliphatic rings. The Morgan fingerprint density at radius 1 is 1.00 bits per heavy atom. The van der Waals surface area contributed by atoms with Gasteiger partial charge in [0.25, 0.3) is 0 Å². The molecular formula is C11H6ClF2NO. The zero-order chi connectivity index (χ0) is 11.5.